The van der Waals surface area contributed by atoms with Crippen LogP contribution in [0.2, 0.25) is 0 Å². The molecule has 0 atom stereocenters. The van der Waals surface area contributed by atoms with E-state index in [0.717, 1.165) is 61.7 Å². The summed E-state index contributed by atoms with van der Waals surface area (Å²) in [6, 6.07) is 8.28. The molecule has 2 aromatic rings. The minimum absolute atomic E-state index is 0. The number of benzene rings is 2. The summed E-state index contributed by atoms with van der Waals surface area (Å²) in [7, 11) is -4.00. The molecule has 3 rings (SSSR count). The van der Waals surface area contributed by atoms with Crippen molar-refractivity contribution >= 4 is 22.5 Å². The van der Waals surface area contributed by atoms with Crippen LogP contribution in [0.5, 0.6) is 5.75 Å². The van der Waals surface area contributed by atoms with Gasteiger partial charge in [-0.25, -0.2) is 4.39 Å². The lowest BCUT2D eigenvalue weighted by molar-refractivity contribution is 0.0341. The summed E-state index contributed by atoms with van der Waals surface area (Å²) in [6.45, 7) is 7.78. The summed E-state index contributed by atoms with van der Waals surface area (Å²) in [4.78, 5) is 2.23. The molecule has 1 aliphatic heterocycles. The van der Waals surface area contributed by atoms with Gasteiger partial charge >= 0.3 is 10.1 Å². The SMILES string of the molecule is Cc1cc(OS(=O)(=O)c2ccc(F)cc2)c(C)cc1CN1CCOCC1.Cl. The first kappa shape index (κ1) is 21.6. The highest BCUT2D eigenvalue weighted by Gasteiger charge is 2.19. The van der Waals surface area contributed by atoms with Crippen molar-refractivity contribution < 1.29 is 21.7 Å². The van der Waals surface area contributed by atoms with Crippen molar-refractivity contribution in [2.45, 2.75) is 25.3 Å². The molecule has 2 aromatic carbocycles. The van der Waals surface area contributed by atoms with Crippen molar-refractivity contribution in [1.82, 2.24) is 4.90 Å². The van der Waals surface area contributed by atoms with Gasteiger partial charge < -0.3 is 8.92 Å². The van der Waals surface area contributed by atoms with Gasteiger partial charge in [0.05, 0.1) is 13.2 Å². The number of hydrogen-bond donors (Lipinski definition) is 0. The van der Waals surface area contributed by atoms with Crippen LogP contribution >= 0.6 is 12.4 Å². The summed E-state index contributed by atoms with van der Waals surface area (Å²) >= 11 is 0. The molecule has 8 heteroatoms. The third-order valence-electron chi connectivity index (χ3n) is 4.43. The Hall–Kier alpha value is -1.67. The number of aryl methyl sites for hydroxylation is 2. The maximum atomic E-state index is 13.0. The highest BCUT2D eigenvalue weighted by atomic mass is 35.5. The average Bonchev–Trinajstić information content (AvgIpc) is 2.60. The monoisotopic (exact) mass is 415 g/mol. The maximum absolute atomic E-state index is 13.0. The fraction of sp³-hybridized carbons (Fsp3) is 0.368. The Morgan fingerprint density at radius 2 is 1.70 bits per heavy atom. The largest absolute Gasteiger partial charge is 0.379 e. The van der Waals surface area contributed by atoms with Crippen molar-refractivity contribution in [2.24, 2.45) is 0 Å². The molecular weight excluding hydrogens is 393 g/mol. The summed E-state index contributed by atoms with van der Waals surface area (Å²) in [5.41, 5.74) is 2.84. The first-order valence-corrected chi connectivity index (χ1v) is 9.86. The quantitative estimate of drug-likeness (QED) is 0.700. The van der Waals surface area contributed by atoms with E-state index < -0.39 is 15.9 Å². The zero-order valence-corrected chi connectivity index (χ0v) is 16.9. The van der Waals surface area contributed by atoms with E-state index in [4.69, 9.17) is 8.92 Å². The van der Waals surface area contributed by atoms with E-state index in [9.17, 15) is 12.8 Å². The fourth-order valence-electron chi connectivity index (χ4n) is 2.88. The molecule has 0 amide bonds. The third kappa shape index (κ3) is 5.42. The lowest BCUT2D eigenvalue weighted by Gasteiger charge is -2.27. The molecule has 1 saturated heterocycles. The van der Waals surface area contributed by atoms with Crippen molar-refractivity contribution in [2.75, 3.05) is 26.3 Å². The molecule has 27 heavy (non-hydrogen) atoms. The predicted molar refractivity (Wildman–Crippen MR) is 103 cm³/mol. The predicted octanol–water partition coefficient (Wildman–Crippen LogP) is 3.46. The number of hydrogen-bond acceptors (Lipinski definition) is 5. The first-order chi connectivity index (χ1) is 12.3. The van der Waals surface area contributed by atoms with Crippen molar-refractivity contribution in [1.29, 1.82) is 0 Å². The Morgan fingerprint density at radius 3 is 2.33 bits per heavy atom. The lowest BCUT2D eigenvalue weighted by Crippen LogP contribution is -2.35. The van der Waals surface area contributed by atoms with Crippen LogP contribution in [0.25, 0.3) is 0 Å². The Bertz CT molecular complexity index is 881. The molecule has 0 unspecified atom stereocenters. The summed E-state index contributed by atoms with van der Waals surface area (Å²) in [5, 5.41) is 0. The summed E-state index contributed by atoms with van der Waals surface area (Å²) in [5.74, 6) is -0.207. The zero-order valence-electron chi connectivity index (χ0n) is 15.3. The highest BCUT2D eigenvalue weighted by Crippen LogP contribution is 2.27. The molecular formula is C19H23ClFNO4S. The van der Waals surface area contributed by atoms with Gasteiger partial charge in [0, 0.05) is 19.6 Å². The Labute approximate surface area is 165 Å². The van der Waals surface area contributed by atoms with Crippen LogP contribution < -0.4 is 4.18 Å². The van der Waals surface area contributed by atoms with Crippen molar-refractivity contribution in [3.05, 3.63) is 58.9 Å². The second-order valence-corrected chi connectivity index (χ2v) is 7.97. The van der Waals surface area contributed by atoms with Gasteiger partial charge in [-0.1, -0.05) is 6.07 Å². The number of ether oxygens (including phenoxy) is 1. The van der Waals surface area contributed by atoms with Gasteiger partial charge in [-0.05, 0) is 60.9 Å². The van der Waals surface area contributed by atoms with E-state index in [1.807, 2.05) is 19.9 Å². The van der Waals surface area contributed by atoms with Crippen LogP contribution in [0.4, 0.5) is 4.39 Å². The van der Waals surface area contributed by atoms with Crippen LogP contribution in [0.1, 0.15) is 16.7 Å². The van der Waals surface area contributed by atoms with Crippen LogP contribution in [0.3, 0.4) is 0 Å². The normalized spacial score (nSPS) is 15.2. The molecule has 0 N–H and O–H groups in total. The Balaban J connectivity index is 0.00000261. The van der Waals surface area contributed by atoms with Crippen LogP contribution in [-0.4, -0.2) is 39.6 Å². The highest BCUT2D eigenvalue weighted by molar-refractivity contribution is 7.87. The van der Waals surface area contributed by atoms with Gasteiger partial charge in [0.25, 0.3) is 0 Å². The van der Waals surface area contributed by atoms with Gasteiger partial charge in [-0.15, -0.1) is 12.4 Å². The van der Waals surface area contributed by atoms with Gasteiger partial charge in [0.15, 0.2) is 0 Å². The minimum Gasteiger partial charge on any atom is -0.379 e. The van der Waals surface area contributed by atoms with Crippen LogP contribution in [0.15, 0.2) is 41.3 Å². The van der Waals surface area contributed by atoms with Crippen molar-refractivity contribution in [3.63, 3.8) is 0 Å². The third-order valence-corrected chi connectivity index (χ3v) is 5.68. The molecule has 1 heterocycles. The molecule has 0 spiro atoms. The van der Waals surface area contributed by atoms with E-state index in [2.05, 4.69) is 4.90 Å². The molecule has 0 radical (unpaired) electrons. The van der Waals surface area contributed by atoms with Crippen LogP contribution in [-0.2, 0) is 21.4 Å². The second kappa shape index (κ2) is 9.01. The molecule has 0 aliphatic carbocycles. The van der Waals surface area contributed by atoms with Gasteiger partial charge in [0.1, 0.15) is 16.5 Å². The number of halogens is 2. The molecule has 0 aromatic heterocycles. The van der Waals surface area contributed by atoms with Gasteiger partial charge in [0.2, 0.25) is 0 Å². The van der Waals surface area contributed by atoms with E-state index >= 15 is 0 Å². The molecule has 148 valence electrons. The standard InChI is InChI=1S/C19H22FNO4S.ClH/c1-14-12-19(25-26(22,23)18-5-3-17(20)4-6-18)15(2)11-16(14)13-21-7-9-24-10-8-21;/h3-6,11-12H,7-10,13H2,1-2H3;1H. The number of nitrogens with zero attached hydrogens (tertiary/aromatic N) is 1. The lowest BCUT2D eigenvalue weighted by atomic mass is 10.0. The van der Waals surface area contributed by atoms with E-state index in [1.165, 1.54) is 12.1 Å². The molecule has 0 saturated carbocycles. The Kier molecular flexibility index (Phi) is 7.22. The molecule has 1 fully saturated rings. The van der Waals surface area contributed by atoms with Crippen LogP contribution in [0, 0.1) is 19.7 Å². The van der Waals surface area contributed by atoms with Gasteiger partial charge in [-0.3, -0.25) is 4.90 Å². The molecule has 0 bridgehead atoms. The van der Waals surface area contributed by atoms with E-state index in [1.54, 1.807) is 6.07 Å². The van der Waals surface area contributed by atoms with Crippen molar-refractivity contribution in [3.8, 4) is 5.75 Å². The summed E-state index contributed by atoms with van der Waals surface area (Å²) in [6.07, 6.45) is 0. The molecule has 5 nitrogen and oxygen atoms in total. The minimum atomic E-state index is -4.00. The van der Waals surface area contributed by atoms with Gasteiger partial charge in [-0.2, -0.15) is 8.42 Å². The average molecular weight is 416 g/mol. The topological polar surface area (TPSA) is 55.8 Å². The maximum Gasteiger partial charge on any atom is 0.339 e. The van der Waals surface area contributed by atoms with E-state index in [0.29, 0.717) is 0 Å². The number of morpholine rings is 1. The second-order valence-electron chi connectivity index (χ2n) is 6.42. The van der Waals surface area contributed by atoms with E-state index in [-0.39, 0.29) is 23.1 Å². The fourth-order valence-corrected chi connectivity index (χ4v) is 3.86. The number of rotatable bonds is 5. The molecule has 1 aliphatic rings. The summed E-state index contributed by atoms with van der Waals surface area (Å²) < 4.78 is 48.5. The smallest absolute Gasteiger partial charge is 0.339 e. The Morgan fingerprint density at radius 1 is 1.07 bits per heavy atom. The first-order valence-electron chi connectivity index (χ1n) is 8.45. The zero-order chi connectivity index (χ0) is 18.7.